The molecular formula is C23H27IrN2O2-. The molecule has 4 nitrogen and oxygen atoms in total. The van der Waals surface area contributed by atoms with Crippen LogP contribution in [-0.2, 0) is 20.1 Å². The van der Waals surface area contributed by atoms with Crippen LogP contribution < -0.4 is 0 Å². The maximum Gasteiger partial charge on any atom is 0.0562 e. The second-order valence-electron chi connectivity index (χ2n) is 6.26. The molecule has 3 rings (SSSR count). The molecule has 2 N–H and O–H groups in total. The van der Waals surface area contributed by atoms with Crippen molar-refractivity contribution in [3.8, 4) is 22.5 Å². The van der Waals surface area contributed by atoms with E-state index in [9.17, 15) is 0 Å². The summed E-state index contributed by atoms with van der Waals surface area (Å²) in [5, 5.41) is 18.0. The monoisotopic (exact) mass is 556 g/mol. The zero-order valence-electron chi connectivity index (χ0n) is 16.2. The van der Waals surface area contributed by atoms with Crippen molar-refractivity contribution in [3.05, 3.63) is 73.1 Å². The second kappa shape index (κ2) is 13.3. The third kappa shape index (κ3) is 7.61. The molecule has 0 bridgehead atoms. The minimum absolute atomic E-state index is 0. The van der Waals surface area contributed by atoms with Gasteiger partial charge in [-0.1, -0.05) is 44.2 Å². The van der Waals surface area contributed by atoms with Crippen LogP contribution in [0.2, 0.25) is 0 Å². The van der Waals surface area contributed by atoms with E-state index < -0.39 is 0 Å². The van der Waals surface area contributed by atoms with Crippen molar-refractivity contribution in [2.24, 2.45) is 0 Å². The van der Waals surface area contributed by atoms with Crippen molar-refractivity contribution < 1.29 is 30.3 Å². The van der Waals surface area contributed by atoms with E-state index in [4.69, 9.17) is 10.2 Å². The molecule has 2 aromatic carbocycles. The van der Waals surface area contributed by atoms with Crippen LogP contribution in [0.4, 0.5) is 0 Å². The molecule has 0 aliphatic heterocycles. The predicted octanol–water partition coefficient (Wildman–Crippen LogP) is 4.53. The van der Waals surface area contributed by atoms with Gasteiger partial charge in [0.1, 0.15) is 0 Å². The fourth-order valence-corrected chi connectivity index (χ4v) is 2.53. The van der Waals surface area contributed by atoms with Crippen LogP contribution in [0.3, 0.4) is 0 Å². The first-order chi connectivity index (χ1) is 13.2. The topological polar surface area (TPSA) is 66.2 Å². The molecule has 1 aromatic heterocycles. The number of aliphatic hydroxyl groups excluding tert-OH is 2. The van der Waals surface area contributed by atoms with Gasteiger partial charge >= 0.3 is 0 Å². The normalized spacial score (nSPS) is 12.1. The van der Waals surface area contributed by atoms with E-state index in [1.807, 2.05) is 68.4 Å². The van der Waals surface area contributed by atoms with Gasteiger partial charge in [-0.05, 0) is 24.8 Å². The number of aromatic nitrogens is 2. The molecule has 0 aliphatic carbocycles. The zero-order valence-corrected chi connectivity index (χ0v) is 18.6. The van der Waals surface area contributed by atoms with Crippen molar-refractivity contribution >= 4 is 0 Å². The molecule has 0 amide bonds. The Kier molecular flexibility index (Phi) is 11.5. The third-order valence-corrected chi connectivity index (χ3v) is 4.20. The molecule has 0 spiro atoms. The van der Waals surface area contributed by atoms with Crippen LogP contribution in [-0.4, -0.2) is 32.4 Å². The van der Waals surface area contributed by atoms with E-state index in [-0.39, 0.29) is 32.3 Å². The molecule has 2 unspecified atom stereocenters. The van der Waals surface area contributed by atoms with Gasteiger partial charge in [-0.3, -0.25) is 4.98 Å². The van der Waals surface area contributed by atoms with Crippen molar-refractivity contribution in [1.82, 2.24) is 9.97 Å². The molecular weight excluding hydrogens is 528 g/mol. The average Bonchev–Trinajstić information content (AvgIpc) is 2.75. The van der Waals surface area contributed by atoms with Gasteiger partial charge in [-0.2, -0.15) is 0 Å². The number of rotatable bonds is 6. The van der Waals surface area contributed by atoms with E-state index in [0.29, 0.717) is 6.42 Å². The van der Waals surface area contributed by atoms with E-state index in [2.05, 4.69) is 16.0 Å². The standard InChI is InChI=1S/C16H11N2.C7H16O2.Ir/c1-3-7-13(8-4-1)15-16(18-12-11-17-15)14-9-5-2-6-10-14;1-3-6(8)5-7(9)4-2;/h1-9,11-12H;6-9H,3-5H2,1-2H3;/q-1;;. The van der Waals surface area contributed by atoms with Crippen LogP contribution in [0.15, 0.2) is 67.0 Å². The minimum atomic E-state index is -0.319. The number of hydrogen-bond acceptors (Lipinski definition) is 4. The summed E-state index contributed by atoms with van der Waals surface area (Å²) in [6.07, 6.45) is 4.78. The van der Waals surface area contributed by atoms with Gasteiger partial charge in [0.05, 0.1) is 17.9 Å². The Morgan fingerprint density at radius 3 is 1.93 bits per heavy atom. The maximum atomic E-state index is 9.00. The first kappa shape index (κ1) is 24.1. The molecule has 151 valence electrons. The number of nitrogens with zero attached hydrogens (tertiary/aromatic N) is 2. The van der Waals surface area contributed by atoms with E-state index in [0.717, 1.165) is 35.4 Å². The third-order valence-electron chi connectivity index (χ3n) is 4.20. The first-order valence-corrected chi connectivity index (χ1v) is 9.35. The van der Waals surface area contributed by atoms with Crippen LogP contribution in [0, 0.1) is 6.07 Å². The van der Waals surface area contributed by atoms with Gasteiger partial charge in [-0.25, -0.2) is 0 Å². The van der Waals surface area contributed by atoms with Crippen molar-refractivity contribution in [2.45, 2.75) is 45.3 Å². The summed E-state index contributed by atoms with van der Waals surface area (Å²) in [6, 6.07) is 21.1. The smallest absolute Gasteiger partial charge is 0.0562 e. The minimum Gasteiger partial charge on any atom is -0.393 e. The van der Waals surface area contributed by atoms with Gasteiger partial charge in [-0.15, -0.1) is 35.9 Å². The van der Waals surface area contributed by atoms with Crippen LogP contribution in [0.25, 0.3) is 22.5 Å². The summed E-state index contributed by atoms with van der Waals surface area (Å²) in [6.45, 7) is 3.82. The summed E-state index contributed by atoms with van der Waals surface area (Å²) in [7, 11) is 0. The number of benzene rings is 2. The SMILES string of the molecule is CCC(O)CC(O)CC.[Ir].[c-]1ccccc1-c1nccnc1-c1ccccc1. The van der Waals surface area contributed by atoms with Crippen molar-refractivity contribution in [1.29, 1.82) is 0 Å². The molecule has 5 heteroatoms. The fraction of sp³-hybridized carbons (Fsp3) is 0.304. The average molecular weight is 556 g/mol. The van der Waals surface area contributed by atoms with E-state index in [1.165, 1.54) is 0 Å². The van der Waals surface area contributed by atoms with Crippen LogP contribution >= 0.6 is 0 Å². The van der Waals surface area contributed by atoms with Crippen LogP contribution in [0.1, 0.15) is 33.1 Å². The number of hydrogen-bond donors (Lipinski definition) is 2. The molecule has 0 fully saturated rings. The summed E-state index contributed by atoms with van der Waals surface area (Å²) >= 11 is 0. The summed E-state index contributed by atoms with van der Waals surface area (Å²) in [5.41, 5.74) is 3.78. The fourth-order valence-electron chi connectivity index (χ4n) is 2.53. The molecule has 1 heterocycles. The molecule has 2 atom stereocenters. The van der Waals surface area contributed by atoms with Gasteiger partial charge < -0.3 is 15.2 Å². The first-order valence-electron chi connectivity index (χ1n) is 9.35. The Morgan fingerprint density at radius 2 is 1.39 bits per heavy atom. The Labute approximate surface area is 181 Å². The molecule has 28 heavy (non-hydrogen) atoms. The van der Waals surface area contributed by atoms with Gasteiger partial charge in [0.2, 0.25) is 0 Å². The largest absolute Gasteiger partial charge is 0.393 e. The van der Waals surface area contributed by atoms with Gasteiger partial charge in [0.15, 0.2) is 0 Å². The number of aliphatic hydroxyl groups is 2. The Balaban J connectivity index is 0.000000339. The summed E-state index contributed by atoms with van der Waals surface area (Å²) in [4.78, 5) is 8.87. The quantitative estimate of drug-likeness (QED) is 0.439. The molecule has 0 saturated carbocycles. The summed E-state index contributed by atoms with van der Waals surface area (Å²) < 4.78 is 0. The molecule has 1 radical (unpaired) electrons. The maximum absolute atomic E-state index is 9.00. The predicted molar refractivity (Wildman–Crippen MR) is 109 cm³/mol. The van der Waals surface area contributed by atoms with Crippen molar-refractivity contribution in [3.63, 3.8) is 0 Å². The Morgan fingerprint density at radius 1 is 0.821 bits per heavy atom. The van der Waals surface area contributed by atoms with Gasteiger partial charge in [0.25, 0.3) is 0 Å². The van der Waals surface area contributed by atoms with E-state index >= 15 is 0 Å². The summed E-state index contributed by atoms with van der Waals surface area (Å²) in [5.74, 6) is 0. The zero-order chi connectivity index (χ0) is 19.5. The van der Waals surface area contributed by atoms with Crippen LogP contribution in [0.5, 0.6) is 0 Å². The van der Waals surface area contributed by atoms with Crippen molar-refractivity contribution in [2.75, 3.05) is 0 Å². The molecule has 0 saturated heterocycles. The second-order valence-corrected chi connectivity index (χ2v) is 6.26. The molecule has 3 aromatic rings. The Hall–Kier alpha value is -1.91. The van der Waals surface area contributed by atoms with E-state index in [1.54, 1.807) is 12.4 Å². The van der Waals surface area contributed by atoms with Gasteiger partial charge in [0, 0.05) is 38.2 Å². The molecule has 0 aliphatic rings. The Bertz CT molecular complexity index is 718.